The molecule has 10 heteroatoms. The Bertz CT molecular complexity index is 1450. The summed E-state index contributed by atoms with van der Waals surface area (Å²) in [5.41, 5.74) is 4.66. The van der Waals surface area contributed by atoms with Gasteiger partial charge in [0.15, 0.2) is 0 Å². The van der Waals surface area contributed by atoms with Gasteiger partial charge in [0.2, 0.25) is 0 Å². The van der Waals surface area contributed by atoms with E-state index in [4.69, 9.17) is 4.74 Å². The number of nitro groups is 1. The van der Waals surface area contributed by atoms with E-state index in [0.29, 0.717) is 35.5 Å². The number of hydrogen-bond acceptors (Lipinski definition) is 9. The van der Waals surface area contributed by atoms with Crippen molar-refractivity contribution in [2.24, 2.45) is 0 Å². The minimum absolute atomic E-state index is 0.00913. The van der Waals surface area contributed by atoms with E-state index < -0.39 is 0 Å². The van der Waals surface area contributed by atoms with Crippen molar-refractivity contribution in [3.05, 3.63) is 88.2 Å². The van der Waals surface area contributed by atoms with E-state index in [1.54, 1.807) is 19.2 Å². The highest BCUT2D eigenvalue weighted by Gasteiger charge is 2.21. The predicted octanol–water partition coefficient (Wildman–Crippen LogP) is 4.91. The number of methoxy groups -OCH3 is 1. The van der Waals surface area contributed by atoms with Crippen LogP contribution in [0.1, 0.15) is 18.1 Å². The first-order valence-electron chi connectivity index (χ1n) is 13.2. The molecule has 0 aliphatic carbocycles. The van der Waals surface area contributed by atoms with Crippen LogP contribution in [0.5, 0.6) is 5.75 Å². The van der Waals surface area contributed by atoms with E-state index in [-0.39, 0.29) is 10.6 Å². The van der Waals surface area contributed by atoms with Crippen LogP contribution in [0, 0.1) is 10.1 Å². The van der Waals surface area contributed by atoms with Gasteiger partial charge in [0.25, 0.3) is 5.69 Å². The van der Waals surface area contributed by atoms with Gasteiger partial charge in [-0.1, -0.05) is 36.4 Å². The molecule has 3 aromatic carbocycles. The van der Waals surface area contributed by atoms with Crippen LogP contribution in [0.2, 0.25) is 0 Å². The van der Waals surface area contributed by atoms with Crippen LogP contribution in [0.25, 0.3) is 10.9 Å². The van der Waals surface area contributed by atoms with Crippen molar-refractivity contribution < 1.29 is 9.66 Å². The number of fused-ring (bicyclic) bond motifs is 1. The van der Waals surface area contributed by atoms with Crippen LogP contribution in [-0.2, 0) is 13.1 Å². The van der Waals surface area contributed by atoms with Crippen LogP contribution >= 0.6 is 0 Å². The number of anilines is 3. The number of hydrogen-bond donors (Lipinski definition) is 2. The molecule has 39 heavy (non-hydrogen) atoms. The molecular formula is C29H33N7O3. The topological polar surface area (TPSA) is 109 Å². The second-order valence-electron chi connectivity index (χ2n) is 9.45. The van der Waals surface area contributed by atoms with Crippen molar-refractivity contribution in [2.45, 2.75) is 20.0 Å². The average molecular weight is 528 g/mol. The summed E-state index contributed by atoms with van der Waals surface area (Å²) in [6, 6.07) is 19.8. The Morgan fingerprint density at radius 3 is 2.46 bits per heavy atom. The summed E-state index contributed by atoms with van der Waals surface area (Å²) in [6.45, 7) is 7.64. The van der Waals surface area contributed by atoms with Crippen LogP contribution in [-0.4, -0.2) is 59.6 Å². The van der Waals surface area contributed by atoms with Crippen LogP contribution < -0.4 is 20.3 Å². The number of nitro benzene ring substituents is 1. The number of nitrogens with zero attached hydrogens (tertiary/aromatic N) is 5. The number of benzene rings is 3. The second-order valence-corrected chi connectivity index (χ2v) is 9.45. The largest absolute Gasteiger partial charge is 0.495 e. The maximum atomic E-state index is 11.7. The Morgan fingerprint density at radius 1 is 0.974 bits per heavy atom. The lowest BCUT2D eigenvalue weighted by Gasteiger charge is -2.37. The molecule has 0 atom stereocenters. The molecule has 2 heterocycles. The first kappa shape index (κ1) is 26.2. The van der Waals surface area contributed by atoms with Gasteiger partial charge in [-0.3, -0.25) is 15.0 Å². The summed E-state index contributed by atoms with van der Waals surface area (Å²) in [6.07, 6.45) is 1.49. The highest BCUT2D eigenvalue weighted by Crippen LogP contribution is 2.32. The molecule has 202 valence electrons. The normalized spacial score (nSPS) is 13.8. The summed E-state index contributed by atoms with van der Waals surface area (Å²) in [5.74, 6) is 1.48. The van der Waals surface area contributed by atoms with Gasteiger partial charge >= 0.3 is 0 Å². The van der Waals surface area contributed by atoms with Crippen LogP contribution in [0.15, 0.2) is 67.0 Å². The van der Waals surface area contributed by atoms with E-state index in [1.807, 2.05) is 31.2 Å². The highest BCUT2D eigenvalue weighted by atomic mass is 16.6. The van der Waals surface area contributed by atoms with Crippen molar-refractivity contribution >= 4 is 33.8 Å². The summed E-state index contributed by atoms with van der Waals surface area (Å²) in [5, 5.41) is 18.8. The zero-order valence-corrected chi connectivity index (χ0v) is 22.3. The molecule has 1 aliphatic rings. The molecule has 2 N–H and O–H groups in total. The fraction of sp³-hybridized carbons (Fsp3) is 0.310. The van der Waals surface area contributed by atoms with Crippen molar-refractivity contribution in [1.29, 1.82) is 0 Å². The van der Waals surface area contributed by atoms with Gasteiger partial charge in [-0.05, 0) is 36.2 Å². The van der Waals surface area contributed by atoms with Gasteiger partial charge in [0.1, 0.15) is 23.6 Å². The molecule has 0 unspecified atom stereocenters. The molecule has 1 aliphatic heterocycles. The van der Waals surface area contributed by atoms with Crippen molar-refractivity contribution in [2.75, 3.05) is 55.4 Å². The van der Waals surface area contributed by atoms with Crippen LogP contribution in [0.4, 0.5) is 22.9 Å². The van der Waals surface area contributed by atoms with Crippen molar-refractivity contribution in [1.82, 2.24) is 14.9 Å². The lowest BCUT2D eigenvalue weighted by molar-refractivity contribution is -0.383. The molecule has 0 radical (unpaired) electrons. The summed E-state index contributed by atoms with van der Waals surface area (Å²) in [7, 11) is 1.71. The predicted molar refractivity (Wildman–Crippen MR) is 155 cm³/mol. The number of nitrogens with one attached hydrogen (secondary N) is 2. The third-order valence-electron chi connectivity index (χ3n) is 7.07. The molecule has 1 aromatic heterocycles. The Labute approximate surface area is 227 Å². The molecule has 0 spiro atoms. The van der Waals surface area contributed by atoms with Crippen LogP contribution in [0.3, 0.4) is 0 Å². The minimum Gasteiger partial charge on any atom is -0.495 e. The van der Waals surface area contributed by atoms with Gasteiger partial charge in [0, 0.05) is 57.3 Å². The van der Waals surface area contributed by atoms with E-state index in [2.05, 4.69) is 54.7 Å². The first-order valence-corrected chi connectivity index (χ1v) is 13.2. The maximum absolute atomic E-state index is 11.7. The standard InChI is InChI=1S/C29H33N7O3/c1-3-30-25-17-24-23(16-27(25)36(37)38)29(33-20-32-24)31-18-21-8-4-5-9-22(21)19-34-12-14-35(15-13-34)26-10-6-7-11-28(26)39-2/h4-11,16-17,20,30H,3,12-15,18-19H2,1-2H3,(H,31,32,33). The van der Waals surface area contributed by atoms with Gasteiger partial charge in [0.05, 0.1) is 23.2 Å². The highest BCUT2D eigenvalue weighted by molar-refractivity contribution is 5.94. The van der Waals surface area contributed by atoms with E-state index in [0.717, 1.165) is 49.7 Å². The van der Waals surface area contributed by atoms with Crippen molar-refractivity contribution in [3.63, 3.8) is 0 Å². The lowest BCUT2D eigenvalue weighted by Crippen LogP contribution is -2.46. The van der Waals surface area contributed by atoms with Gasteiger partial charge in [-0.25, -0.2) is 9.97 Å². The fourth-order valence-corrected chi connectivity index (χ4v) is 5.06. The summed E-state index contributed by atoms with van der Waals surface area (Å²) < 4.78 is 5.55. The molecular weight excluding hydrogens is 494 g/mol. The second kappa shape index (κ2) is 12.0. The molecule has 1 fully saturated rings. The Kier molecular flexibility index (Phi) is 8.02. The number of rotatable bonds is 10. The summed E-state index contributed by atoms with van der Waals surface area (Å²) in [4.78, 5) is 24.9. The molecule has 0 amide bonds. The quantitative estimate of drug-likeness (QED) is 0.220. The zero-order valence-electron chi connectivity index (χ0n) is 22.3. The zero-order chi connectivity index (χ0) is 27.2. The third kappa shape index (κ3) is 5.85. The Balaban J connectivity index is 1.28. The number of para-hydroxylation sites is 2. The van der Waals surface area contributed by atoms with Gasteiger partial charge in [-0.2, -0.15) is 0 Å². The maximum Gasteiger partial charge on any atom is 0.293 e. The lowest BCUT2D eigenvalue weighted by atomic mass is 10.1. The van der Waals surface area contributed by atoms with Gasteiger partial charge < -0.3 is 20.3 Å². The number of aromatic nitrogens is 2. The molecule has 1 saturated heterocycles. The average Bonchev–Trinajstić information content (AvgIpc) is 2.96. The van der Waals surface area contributed by atoms with Gasteiger partial charge in [-0.15, -0.1) is 0 Å². The van der Waals surface area contributed by atoms with Crippen molar-refractivity contribution in [3.8, 4) is 5.75 Å². The Morgan fingerprint density at radius 2 is 1.72 bits per heavy atom. The molecule has 5 rings (SSSR count). The number of piperazine rings is 1. The molecule has 10 nitrogen and oxygen atoms in total. The third-order valence-corrected chi connectivity index (χ3v) is 7.07. The monoisotopic (exact) mass is 527 g/mol. The molecule has 4 aromatic rings. The summed E-state index contributed by atoms with van der Waals surface area (Å²) >= 11 is 0. The number of ether oxygens (including phenoxy) is 1. The SMILES string of the molecule is CCNc1cc2ncnc(NCc3ccccc3CN3CCN(c4ccccc4OC)CC3)c2cc1[N+](=O)[O-]. The smallest absolute Gasteiger partial charge is 0.293 e. The first-order chi connectivity index (χ1) is 19.1. The molecule has 0 bridgehead atoms. The fourth-order valence-electron chi connectivity index (χ4n) is 5.06. The van der Waals surface area contributed by atoms with E-state index in [1.165, 1.54) is 11.9 Å². The molecule has 0 saturated carbocycles. The Hall–Kier alpha value is -4.44. The minimum atomic E-state index is -0.378. The van der Waals surface area contributed by atoms with E-state index in [9.17, 15) is 10.1 Å². The van der Waals surface area contributed by atoms with E-state index >= 15 is 0 Å².